The highest BCUT2D eigenvalue weighted by atomic mass is 16.8. The second-order valence-electron chi connectivity index (χ2n) is 8.48. The van der Waals surface area contributed by atoms with Crippen LogP contribution in [0, 0.1) is 5.21 Å². The minimum absolute atomic E-state index is 0.0000765. The molecule has 182 valence electrons. The molecular formula is C25H27N5O5. The Labute approximate surface area is 201 Å². The third-order valence-electron chi connectivity index (χ3n) is 6.08. The van der Waals surface area contributed by atoms with E-state index in [4.69, 9.17) is 14.7 Å². The Morgan fingerprint density at radius 2 is 1.57 bits per heavy atom. The van der Waals surface area contributed by atoms with Crippen LogP contribution in [0.2, 0.25) is 0 Å². The second-order valence-corrected chi connectivity index (χ2v) is 8.48. The van der Waals surface area contributed by atoms with Gasteiger partial charge in [-0.2, -0.15) is 10.2 Å². The van der Waals surface area contributed by atoms with Crippen LogP contribution in [0.15, 0.2) is 78.2 Å². The summed E-state index contributed by atoms with van der Waals surface area (Å²) in [5.41, 5.74) is 1.33. The maximum Gasteiger partial charge on any atom is 0.337 e. The van der Waals surface area contributed by atoms with Gasteiger partial charge in [-0.15, -0.1) is 0 Å². The molecule has 0 bridgehead atoms. The van der Waals surface area contributed by atoms with Crippen LogP contribution in [0.3, 0.4) is 0 Å². The van der Waals surface area contributed by atoms with Gasteiger partial charge in [-0.3, -0.25) is 9.13 Å². The lowest BCUT2D eigenvalue weighted by Gasteiger charge is -2.13. The van der Waals surface area contributed by atoms with E-state index in [1.165, 1.54) is 25.4 Å². The van der Waals surface area contributed by atoms with Gasteiger partial charge in [-0.25, -0.2) is 10.0 Å². The molecule has 2 heterocycles. The third kappa shape index (κ3) is 5.29. The molecule has 10 heteroatoms. The van der Waals surface area contributed by atoms with E-state index in [9.17, 15) is 10.0 Å². The van der Waals surface area contributed by atoms with E-state index < -0.39 is 5.23 Å². The standard InChI is InChI=1S/C25H27N5O5/c31-25-28(13-14-29(25)20-7-11-23(12-8-20)35-22-3-1-2-4-22)19-5-9-21(10-6-19)34-16-15-27-17-24(26-18-27)30(32)33/h5-14,17-18,22,30,32H,1-4,15-16H2. The Balaban J connectivity index is 1.20. The van der Waals surface area contributed by atoms with Gasteiger partial charge in [0.1, 0.15) is 24.4 Å². The topological polar surface area (TPSA) is 111 Å². The summed E-state index contributed by atoms with van der Waals surface area (Å²) in [6.07, 6.45) is 11.4. The number of hydrogen-bond donors (Lipinski definition) is 2. The average Bonchev–Trinajstić information content (AvgIpc) is 3.62. The van der Waals surface area contributed by atoms with Gasteiger partial charge in [0.2, 0.25) is 0 Å². The van der Waals surface area contributed by atoms with Gasteiger partial charge in [-0.05, 0) is 74.2 Å². The largest absolute Gasteiger partial charge is 0.594 e. The number of imidazole rings is 2. The van der Waals surface area contributed by atoms with Crippen LogP contribution >= 0.6 is 0 Å². The van der Waals surface area contributed by atoms with Crippen LogP contribution in [-0.2, 0) is 6.54 Å². The molecule has 0 aliphatic heterocycles. The molecule has 0 saturated heterocycles. The summed E-state index contributed by atoms with van der Waals surface area (Å²) >= 11 is 0. The lowest BCUT2D eigenvalue weighted by atomic mass is 10.2. The quantitative estimate of drug-likeness (QED) is 0.359. The fraction of sp³-hybridized carbons (Fsp3) is 0.280. The average molecular weight is 478 g/mol. The van der Waals surface area contributed by atoms with Gasteiger partial charge >= 0.3 is 5.69 Å². The molecule has 1 unspecified atom stereocenters. The van der Waals surface area contributed by atoms with Crippen LogP contribution in [0.5, 0.6) is 11.5 Å². The van der Waals surface area contributed by atoms with E-state index in [2.05, 4.69) is 4.98 Å². The smallest absolute Gasteiger partial charge is 0.337 e. The number of nitrogens with one attached hydrogen (secondary N) is 1. The van der Waals surface area contributed by atoms with E-state index in [1.54, 1.807) is 38.2 Å². The van der Waals surface area contributed by atoms with E-state index in [0.29, 0.717) is 25.0 Å². The Kier molecular flexibility index (Phi) is 6.66. The van der Waals surface area contributed by atoms with Gasteiger partial charge in [0.15, 0.2) is 0 Å². The first-order valence-electron chi connectivity index (χ1n) is 11.6. The van der Waals surface area contributed by atoms with Crippen molar-refractivity contribution < 1.29 is 19.9 Å². The molecule has 2 aromatic carbocycles. The SMILES string of the molecule is O=c1n(-c2ccc(OCCn3cnc([NH+]([O-])O)c3)cc2)ccn1-c1ccc(OC2CCCC2)cc1. The first-order valence-corrected chi connectivity index (χ1v) is 11.6. The molecule has 5 rings (SSSR count). The number of aromatic nitrogens is 4. The Hall–Kier alpha value is -3.86. The van der Waals surface area contributed by atoms with Crippen LogP contribution in [-0.4, -0.2) is 36.6 Å². The molecule has 35 heavy (non-hydrogen) atoms. The number of rotatable bonds is 9. The monoisotopic (exact) mass is 477 g/mol. The maximum absolute atomic E-state index is 13.0. The zero-order valence-corrected chi connectivity index (χ0v) is 19.1. The minimum atomic E-state index is -1.06. The molecule has 1 fully saturated rings. The summed E-state index contributed by atoms with van der Waals surface area (Å²) in [4.78, 5) is 16.8. The first-order chi connectivity index (χ1) is 17.1. The van der Waals surface area contributed by atoms with E-state index in [1.807, 2.05) is 36.4 Å². The van der Waals surface area contributed by atoms with Gasteiger partial charge in [0.05, 0.1) is 30.2 Å². The lowest BCUT2D eigenvalue weighted by molar-refractivity contribution is -0.993. The number of benzene rings is 2. The van der Waals surface area contributed by atoms with Crippen molar-refractivity contribution in [1.29, 1.82) is 0 Å². The van der Waals surface area contributed by atoms with Crippen molar-refractivity contribution >= 4 is 5.82 Å². The highest BCUT2D eigenvalue weighted by Gasteiger charge is 2.16. The molecule has 2 aromatic heterocycles. The fourth-order valence-electron chi connectivity index (χ4n) is 4.22. The lowest BCUT2D eigenvalue weighted by Crippen LogP contribution is -2.99. The maximum atomic E-state index is 13.0. The van der Waals surface area contributed by atoms with Gasteiger partial charge in [0.25, 0.3) is 5.82 Å². The summed E-state index contributed by atoms with van der Waals surface area (Å²) in [5, 5.41) is 18.8. The normalized spacial score (nSPS) is 14.8. The van der Waals surface area contributed by atoms with E-state index in [0.717, 1.165) is 30.0 Å². The van der Waals surface area contributed by atoms with E-state index in [-0.39, 0.29) is 11.5 Å². The second kappa shape index (κ2) is 10.2. The molecule has 0 radical (unpaired) electrons. The van der Waals surface area contributed by atoms with Crippen molar-refractivity contribution in [2.24, 2.45) is 0 Å². The van der Waals surface area contributed by atoms with Crippen LogP contribution in [0.1, 0.15) is 25.7 Å². The number of quaternary nitrogens is 1. The zero-order valence-electron chi connectivity index (χ0n) is 19.1. The van der Waals surface area contributed by atoms with Crippen molar-refractivity contribution in [3.8, 4) is 22.9 Å². The highest BCUT2D eigenvalue weighted by Crippen LogP contribution is 2.24. The molecule has 1 aliphatic rings. The summed E-state index contributed by atoms with van der Waals surface area (Å²) in [6.45, 7) is 0.820. The predicted octanol–water partition coefficient (Wildman–Crippen LogP) is 2.63. The summed E-state index contributed by atoms with van der Waals surface area (Å²) < 4.78 is 16.6. The summed E-state index contributed by atoms with van der Waals surface area (Å²) in [5.74, 6) is 1.48. The molecule has 1 atom stereocenters. The van der Waals surface area contributed by atoms with Gasteiger partial charge in [-0.1, -0.05) is 0 Å². The molecule has 4 aromatic rings. The van der Waals surface area contributed by atoms with Gasteiger partial charge in [0, 0.05) is 12.4 Å². The van der Waals surface area contributed by atoms with Crippen molar-refractivity contribution in [3.05, 3.63) is 89.1 Å². The first kappa shape index (κ1) is 22.9. The summed E-state index contributed by atoms with van der Waals surface area (Å²) in [7, 11) is 0. The minimum Gasteiger partial charge on any atom is -0.594 e. The van der Waals surface area contributed by atoms with Gasteiger partial charge < -0.3 is 19.2 Å². The molecular weight excluding hydrogens is 450 g/mol. The molecule has 0 spiro atoms. The Morgan fingerprint density at radius 3 is 2.14 bits per heavy atom. The molecule has 2 N–H and O–H groups in total. The van der Waals surface area contributed by atoms with Crippen molar-refractivity contribution in [1.82, 2.24) is 18.7 Å². The summed E-state index contributed by atoms with van der Waals surface area (Å²) in [6, 6.07) is 14.8. The van der Waals surface area contributed by atoms with Crippen LogP contribution in [0.25, 0.3) is 11.4 Å². The number of nitrogens with zero attached hydrogens (tertiary/aromatic N) is 4. The third-order valence-corrected chi connectivity index (χ3v) is 6.08. The van der Waals surface area contributed by atoms with E-state index >= 15 is 0 Å². The van der Waals surface area contributed by atoms with Crippen molar-refractivity contribution in [2.45, 2.75) is 38.3 Å². The van der Waals surface area contributed by atoms with Crippen LogP contribution in [0.4, 0.5) is 5.82 Å². The Bertz CT molecular complexity index is 1300. The number of ether oxygens (including phenoxy) is 2. The molecule has 0 amide bonds. The number of hydrogen-bond acceptors (Lipinski definition) is 6. The molecule has 1 saturated carbocycles. The van der Waals surface area contributed by atoms with Crippen LogP contribution < -0.4 is 20.4 Å². The Morgan fingerprint density at radius 1 is 0.971 bits per heavy atom. The molecule has 1 aliphatic carbocycles. The van der Waals surface area contributed by atoms with Crippen molar-refractivity contribution in [2.75, 3.05) is 6.61 Å². The fourth-order valence-corrected chi connectivity index (χ4v) is 4.22. The zero-order chi connectivity index (χ0) is 24.2. The van der Waals surface area contributed by atoms with Crippen molar-refractivity contribution in [3.63, 3.8) is 0 Å². The predicted molar refractivity (Wildman–Crippen MR) is 128 cm³/mol. The highest BCUT2D eigenvalue weighted by molar-refractivity contribution is 5.40. The molecule has 10 nitrogen and oxygen atoms in total.